The molecule has 0 amide bonds. The number of hydrogen-bond donors (Lipinski definition) is 0. The van der Waals surface area contributed by atoms with Crippen LogP contribution < -0.4 is 28.1 Å². The molecule has 2 atom stereocenters. The molecule has 0 aliphatic heterocycles. The van der Waals surface area contributed by atoms with Crippen molar-refractivity contribution in [3.63, 3.8) is 0 Å². The van der Waals surface area contributed by atoms with Gasteiger partial charge in [-0.15, -0.1) is 0 Å². The normalized spacial score (nSPS) is 17.6. The van der Waals surface area contributed by atoms with Crippen LogP contribution >= 0.6 is 0 Å². The van der Waals surface area contributed by atoms with Gasteiger partial charge in [-0.2, -0.15) is 0 Å². The molecule has 0 spiro atoms. The summed E-state index contributed by atoms with van der Waals surface area (Å²) in [5.41, 5.74) is 8.42. The number of fused-ring (bicyclic) bond motifs is 3. The summed E-state index contributed by atoms with van der Waals surface area (Å²) in [5, 5.41) is 1.47. The van der Waals surface area contributed by atoms with Crippen molar-refractivity contribution in [3.8, 4) is 11.1 Å². The molecule has 2 unspecified atom stereocenters. The number of halogens is 5. The first-order valence-electron chi connectivity index (χ1n) is 15.8. The summed E-state index contributed by atoms with van der Waals surface area (Å²) in [6.45, 7) is 25.2. The molecular weight excluding hydrogens is 716 g/mol. The minimum Gasteiger partial charge on any atom is -1.00 e. The van der Waals surface area contributed by atoms with E-state index in [1.54, 1.807) is 12.1 Å². The molecule has 3 aromatic carbocycles. The van der Waals surface area contributed by atoms with Crippen molar-refractivity contribution < 1.29 is 57.8 Å². The van der Waals surface area contributed by atoms with Gasteiger partial charge < -0.3 is 24.8 Å². The average Bonchev–Trinajstić information content (AvgIpc) is 3.40. The van der Waals surface area contributed by atoms with Crippen molar-refractivity contribution >= 4 is 15.6 Å². The molecule has 0 fully saturated rings. The van der Waals surface area contributed by atoms with Crippen LogP contribution in [0.25, 0.3) is 11.1 Å². The van der Waals surface area contributed by atoms with E-state index in [0.717, 1.165) is 3.27 Å². The molecule has 0 saturated carbocycles. The van der Waals surface area contributed by atoms with Crippen molar-refractivity contribution in [2.75, 3.05) is 0 Å². The Kier molecular flexibility index (Phi) is 10.8. The fourth-order valence-electron chi connectivity index (χ4n) is 7.65. The van der Waals surface area contributed by atoms with Crippen LogP contribution in [-0.4, -0.2) is 12.3 Å². The topological polar surface area (TPSA) is 0 Å². The molecule has 5 rings (SSSR count). The fourth-order valence-corrected chi connectivity index (χ4v) is 22.2. The van der Waals surface area contributed by atoms with Crippen LogP contribution in [0, 0.1) is 5.92 Å². The van der Waals surface area contributed by atoms with E-state index < -0.39 is 39.6 Å². The Morgan fingerprint density at radius 3 is 1.46 bits per heavy atom. The van der Waals surface area contributed by atoms with Crippen LogP contribution in [-0.2, 0) is 36.8 Å². The zero-order valence-electron chi connectivity index (χ0n) is 29.1. The number of alkyl halides is 3. The van der Waals surface area contributed by atoms with E-state index in [-0.39, 0.29) is 45.2 Å². The van der Waals surface area contributed by atoms with Gasteiger partial charge in [-0.1, -0.05) is 0 Å². The number of rotatable bonds is 4. The first-order valence-corrected chi connectivity index (χ1v) is 24.9. The van der Waals surface area contributed by atoms with Gasteiger partial charge in [0.2, 0.25) is 0 Å². The van der Waals surface area contributed by atoms with Crippen LogP contribution in [0.4, 0.5) is 13.2 Å². The van der Waals surface area contributed by atoms with Crippen LogP contribution in [0.15, 0.2) is 80.8 Å². The van der Waals surface area contributed by atoms with E-state index in [9.17, 15) is 13.2 Å². The van der Waals surface area contributed by atoms with Crippen LogP contribution in [0.1, 0.15) is 86.8 Å². The minimum atomic E-state index is -4.38. The molecule has 2 aliphatic rings. The maximum absolute atomic E-state index is 13.8. The third-order valence-corrected chi connectivity index (χ3v) is 23.8. The van der Waals surface area contributed by atoms with Gasteiger partial charge in [-0.25, -0.2) is 0 Å². The van der Waals surface area contributed by atoms with E-state index in [1.165, 1.54) is 59.6 Å². The molecule has 7 heteroatoms. The van der Waals surface area contributed by atoms with Gasteiger partial charge in [0.25, 0.3) is 0 Å². The second kappa shape index (κ2) is 12.7. The first kappa shape index (κ1) is 38.9. The van der Waals surface area contributed by atoms with E-state index in [4.69, 9.17) is 4.21 Å². The Bertz CT molecular complexity index is 1680. The quantitative estimate of drug-likeness (QED) is 0.328. The summed E-state index contributed by atoms with van der Waals surface area (Å²) in [5.74, 6) is 0.211. The summed E-state index contributed by atoms with van der Waals surface area (Å²) < 4.78 is 49.1. The zero-order chi connectivity index (χ0) is 32.8. The van der Waals surface area contributed by atoms with Crippen LogP contribution in [0.5, 0.6) is 0 Å². The number of hydrogen-bond acceptors (Lipinski definition) is 0. The maximum atomic E-state index is 13.8. The monoisotopic (exact) mass is 761 g/mol. The molecule has 0 heterocycles. The molecule has 0 bridgehead atoms. The minimum absolute atomic E-state index is 0. The van der Waals surface area contributed by atoms with Gasteiger partial charge in [0.1, 0.15) is 0 Å². The molecule has 3 aromatic rings. The summed E-state index contributed by atoms with van der Waals surface area (Å²) in [6, 6.07) is 20.1. The van der Waals surface area contributed by atoms with Crippen molar-refractivity contribution in [3.05, 3.63) is 109 Å². The SMILES string of the molecule is [CH2]=[Zr+2]([C]1=C(C)C([Si](C)(C)C)=CC1C)([c]1ccc(C(F)(F)F)cc1)[CH]1c2ccc(C(C)(C)C)cc2-c2cc(C(C)(C)C)ccc21.[Cl-].[Cl-]. The smallest absolute Gasteiger partial charge is 1.00 e. The average molecular weight is 764 g/mol. The van der Waals surface area contributed by atoms with E-state index >= 15 is 0 Å². The molecule has 247 valence electrons. The molecule has 0 aromatic heterocycles. The molecule has 2 aliphatic carbocycles. The van der Waals surface area contributed by atoms with Crippen molar-refractivity contribution in [2.24, 2.45) is 5.92 Å². The number of benzene rings is 3. The summed E-state index contributed by atoms with van der Waals surface area (Å²) >= 11 is -4.09. The van der Waals surface area contributed by atoms with Crippen molar-refractivity contribution in [1.29, 1.82) is 0 Å². The number of allylic oxidation sites excluding steroid dienone is 4. The van der Waals surface area contributed by atoms with Crippen LogP contribution in [0.3, 0.4) is 0 Å². The molecular formula is C39H48Cl2F3SiZr. The molecule has 0 radical (unpaired) electrons. The van der Waals surface area contributed by atoms with Gasteiger partial charge in [-0.3, -0.25) is 0 Å². The van der Waals surface area contributed by atoms with Gasteiger partial charge in [0.05, 0.1) is 0 Å². The Morgan fingerprint density at radius 2 is 1.11 bits per heavy atom. The predicted molar refractivity (Wildman–Crippen MR) is 183 cm³/mol. The summed E-state index contributed by atoms with van der Waals surface area (Å²) in [4.78, 5) is 0. The molecule has 0 nitrogen and oxygen atoms in total. The Labute approximate surface area is 292 Å². The van der Waals surface area contributed by atoms with Crippen LogP contribution in [0.2, 0.25) is 19.6 Å². The van der Waals surface area contributed by atoms with E-state index in [1.807, 2.05) is 0 Å². The standard InChI is InChI=1S/C21H25.C10H17Si.C7H4F3.CH2.2ClH.Zr/c1-20(2,3)16-9-7-14-11-15-8-10-17(21(4,5)6)13-19(15)18(14)12-16;1-8-6-9(2)10(7-8)11(3,4)5;8-7(9,10)6-4-2-1-3-5-6;;;;/h7-13H,1-6H3;7-8H,1-5H3;2-5H;1H2;2*1H;/q;;;;;;+2/p-2. The van der Waals surface area contributed by atoms with E-state index in [2.05, 4.69) is 118 Å². The predicted octanol–water partition coefficient (Wildman–Crippen LogP) is 5.02. The Morgan fingerprint density at radius 1 is 0.696 bits per heavy atom. The van der Waals surface area contributed by atoms with Crippen molar-refractivity contribution in [1.82, 2.24) is 0 Å². The first-order chi connectivity index (χ1) is 20.1. The summed E-state index contributed by atoms with van der Waals surface area (Å²) in [6.07, 6.45) is -1.92. The second-order valence-electron chi connectivity index (χ2n) is 16.2. The van der Waals surface area contributed by atoms with Gasteiger partial charge >= 0.3 is 270 Å². The molecule has 46 heavy (non-hydrogen) atoms. The van der Waals surface area contributed by atoms with Crippen molar-refractivity contribution in [2.45, 2.75) is 95.7 Å². The summed E-state index contributed by atoms with van der Waals surface area (Å²) in [7, 11) is -1.66. The zero-order valence-corrected chi connectivity index (χ0v) is 34.1. The maximum Gasteiger partial charge on any atom is -1.00 e. The van der Waals surface area contributed by atoms with E-state index in [0.29, 0.717) is 0 Å². The van der Waals surface area contributed by atoms with Gasteiger partial charge in [-0.05, 0) is 0 Å². The Balaban J connectivity index is 0.00000288. The fraction of sp³-hybridized carbons (Fsp3) is 0.410. The molecule has 0 saturated heterocycles. The third kappa shape index (κ3) is 6.70. The van der Waals surface area contributed by atoms with Gasteiger partial charge in [0, 0.05) is 0 Å². The van der Waals surface area contributed by atoms with Gasteiger partial charge in [0.15, 0.2) is 0 Å². The Hall–Kier alpha value is -1.52. The largest absolute Gasteiger partial charge is 1.00 e. The third-order valence-electron chi connectivity index (χ3n) is 9.94. The molecule has 0 N–H and O–H groups in total. The second-order valence-corrected chi connectivity index (χ2v) is 30.2.